The maximum absolute atomic E-state index is 13.5. The number of rotatable bonds is 10. The van der Waals surface area contributed by atoms with E-state index in [-0.39, 0.29) is 11.6 Å². The van der Waals surface area contributed by atoms with Crippen LogP contribution in [-0.2, 0) is 11.3 Å². The van der Waals surface area contributed by atoms with Crippen LogP contribution in [0.25, 0.3) is 33.7 Å². The van der Waals surface area contributed by atoms with E-state index >= 15 is 0 Å². The minimum Gasteiger partial charge on any atom is -0.348 e. The second-order valence-electron chi connectivity index (χ2n) is 9.68. The molecule has 0 saturated carbocycles. The molecule has 0 aliphatic heterocycles. The van der Waals surface area contributed by atoms with Gasteiger partial charge in [0.05, 0.1) is 11.4 Å². The minimum absolute atomic E-state index is 0.147. The Morgan fingerprint density at radius 1 is 0.957 bits per heavy atom. The monoisotopic (exact) mass is 648 g/mol. The van der Waals surface area contributed by atoms with Crippen LogP contribution in [0, 0.1) is 0 Å². The zero-order valence-corrected chi connectivity index (χ0v) is 25.5. The van der Waals surface area contributed by atoms with Crippen LogP contribution in [0.5, 0.6) is 0 Å². The molecular weight excluding hydrogens is 625 g/mol. The smallest absolute Gasteiger partial charge is 0.301 e. The van der Waals surface area contributed by atoms with Crippen molar-refractivity contribution in [2.45, 2.75) is 6.54 Å². The molecule has 6 aromatic rings. The van der Waals surface area contributed by atoms with Crippen LogP contribution in [-0.4, -0.2) is 36.8 Å². The Hall–Kier alpha value is -5.83. The van der Waals surface area contributed by atoms with Gasteiger partial charge >= 0.3 is 5.56 Å². The summed E-state index contributed by atoms with van der Waals surface area (Å²) in [6, 6.07) is 23.7. The molecule has 2 amide bonds. The Kier molecular flexibility index (Phi) is 9.10. The van der Waals surface area contributed by atoms with Crippen LogP contribution < -0.4 is 16.4 Å². The van der Waals surface area contributed by atoms with Crippen molar-refractivity contribution in [3.63, 3.8) is 0 Å². The number of H-pyrrole nitrogens is 1. The normalized spacial score (nSPS) is 11.3. The van der Waals surface area contributed by atoms with Gasteiger partial charge in [-0.3, -0.25) is 24.7 Å². The Bertz CT molecular complexity index is 2080. The number of benzene rings is 3. The molecule has 0 atom stereocenters. The van der Waals surface area contributed by atoms with Crippen molar-refractivity contribution in [3.8, 4) is 27.6 Å². The lowest BCUT2D eigenvalue weighted by Gasteiger charge is -2.07. The van der Waals surface area contributed by atoms with E-state index in [1.54, 1.807) is 54.1 Å². The first-order valence-electron chi connectivity index (χ1n) is 13.8. The molecule has 0 aliphatic carbocycles. The Morgan fingerprint density at radius 2 is 1.74 bits per heavy atom. The molecule has 3 aromatic carbocycles. The van der Waals surface area contributed by atoms with Gasteiger partial charge in [0.25, 0.3) is 11.8 Å². The number of hydrogen-bond donors (Lipinski definition) is 4. The van der Waals surface area contributed by atoms with Gasteiger partial charge in [-0.15, -0.1) is 32.9 Å². The summed E-state index contributed by atoms with van der Waals surface area (Å²) in [6.07, 6.45) is 4.40. The van der Waals surface area contributed by atoms with E-state index in [1.165, 1.54) is 38.9 Å². The van der Waals surface area contributed by atoms with Crippen LogP contribution in [0.4, 0.5) is 10.8 Å². The van der Waals surface area contributed by atoms with Crippen LogP contribution in [0.1, 0.15) is 21.5 Å². The van der Waals surface area contributed by atoms with Crippen LogP contribution in [0.2, 0.25) is 0 Å². The highest BCUT2D eigenvalue weighted by atomic mass is 32.1. The van der Waals surface area contributed by atoms with Crippen molar-refractivity contribution in [2.24, 2.45) is 10.2 Å². The molecule has 0 unspecified atom stereocenters. The predicted octanol–water partition coefficient (Wildman–Crippen LogP) is 6.28. The standard InChI is InChI=1S/C32H24N8O4S2/c41-26(39-44)15-10-20-6-8-21(9-7-20)18-34-29(42)24-13-11-22(12-14-24)25-19-46-32(35-25)40-30(43)28(36-37-31-33-16-17-45-31)27(38-40)23-4-2-1-3-5-23/h1-17,19,38,44H,18H2,(H,34,42)(H,39,41)/b15-10+,37-36?. The van der Waals surface area contributed by atoms with Gasteiger partial charge in [0.2, 0.25) is 10.3 Å². The molecule has 46 heavy (non-hydrogen) atoms. The Labute approximate surface area is 269 Å². The molecule has 12 nitrogen and oxygen atoms in total. The number of nitrogens with one attached hydrogen (secondary N) is 3. The van der Waals surface area contributed by atoms with E-state index in [0.717, 1.165) is 22.3 Å². The Morgan fingerprint density at radius 3 is 2.46 bits per heavy atom. The molecule has 14 heteroatoms. The lowest BCUT2D eigenvalue weighted by molar-refractivity contribution is -0.124. The summed E-state index contributed by atoms with van der Waals surface area (Å²) in [5, 5.41) is 27.5. The molecule has 0 aliphatic rings. The third-order valence-electron chi connectivity index (χ3n) is 6.68. The average molecular weight is 649 g/mol. The van der Waals surface area contributed by atoms with Crippen molar-refractivity contribution < 1.29 is 14.8 Å². The fourth-order valence-corrected chi connectivity index (χ4v) is 5.60. The van der Waals surface area contributed by atoms with Gasteiger partial charge in [0.1, 0.15) is 0 Å². The number of aromatic nitrogens is 4. The fraction of sp³-hybridized carbons (Fsp3) is 0.0312. The molecular formula is C32H24N8O4S2. The van der Waals surface area contributed by atoms with Gasteiger partial charge in [0, 0.05) is 46.3 Å². The molecule has 0 fully saturated rings. The first kappa shape index (κ1) is 30.2. The molecule has 0 bridgehead atoms. The van der Waals surface area contributed by atoms with E-state index in [2.05, 4.69) is 30.6 Å². The third kappa shape index (κ3) is 6.94. The number of azo groups is 1. The molecule has 0 spiro atoms. The quantitative estimate of drug-likeness (QED) is 0.0591. The van der Waals surface area contributed by atoms with E-state index in [1.807, 2.05) is 47.8 Å². The summed E-state index contributed by atoms with van der Waals surface area (Å²) in [7, 11) is 0. The van der Waals surface area contributed by atoms with Crippen LogP contribution in [0.15, 0.2) is 117 Å². The van der Waals surface area contributed by atoms with Gasteiger partial charge in [0.15, 0.2) is 5.69 Å². The summed E-state index contributed by atoms with van der Waals surface area (Å²) in [6.45, 7) is 0.318. The zero-order valence-electron chi connectivity index (χ0n) is 23.8. The van der Waals surface area contributed by atoms with E-state index < -0.39 is 11.5 Å². The summed E-state index contributed by atoms with van der Waals surface area (Å²) in [4.78, 5) is 46.2. The van der Waals surface area contributed by atoms with Gasteiger partial charge in [-0.05, 0) is 29.3 Å². The number of amides is 2. The lowest BCUT2D eigenvalue weighted by Crippen LogP contribution is -2.22. The predicted molar refractivity (Wildman–Crippen MR) is 176 cm³/mol. The highest BCUT2D eigenvalue weighted by Crippen LogP contribution is 2.30. The Balaban J connectivity index is 1.16. The topological polar surface area (TPSA) is 167 Å². The molecule has 3 aromatic heterocycles. The first-order chi connectivity index (χ1) is 22.5. The number of thiazole rings is 2. The molecule has 3 heterocycles. The van der Waals surface area contributed by atoms with Crippen molar-refractivity contribution in [1.29, 1.82) is 0 Å². The number of hydrogen-bond acceptors (Lipinski definition) is 10. The maximum atomic E-state index is 13.5. The molecule has 0 radical (unpaired) electrons. The highest BCUT2D eigenvalue weighted by molar-refractivity contribution is 7.13. The van der Waals surface area contributed by atoms with Crippen molar-refractivity contribution in [1.82, 2.24) is 30.5 Å². The highest BCUT2D eigenvalue weighted by Gasteiger charge is 2.19. The molecule has 228 valence electrons. The fourth-order valence-electron chi connectivity index (χ4n) is 4.35. The average Bonchev–Trinajstić information content (AvgIpc) is 3.87. The second kappa shape index (κ2) is 13.9. The molecule has 4 N–H and O–H groups in total. The van der Waals surface area contributed by atoms with E-state index in [4.69, 9.17) is 5.21 Å². The third-order valence-corrected chi connectivity index (χ3v) is 8.16. The SMILES string of the molecule is O=C(/C=C/c1ccc(CNC(=O)c2ccc(-c3csc(-n4[nH]c(-c5ccccc5)c(N=Nc5nccs5)c4=O)n3)cc2)cc1)NO. The van der Waals surface area contributed by atoms with Crippen LogP contribution >= 0.6 is 22.7 Å². The number of aromatic amines is 1. The minimum atomic E-state index is -0.619. The van der Waals surface area contributed by atoms with Gasteiger partial charge in [-0.25, -0.2) is 15.4 Å². The van der Waals surface area contributed by atoms with Crippen molar-refractivity contribution in [2.75, 3.05) is 0 Å². The van der Waals surface area contributed by atoms with Gasteiger partial charge < -0.3 is 5.32 Å². The van der Waals surface area contributed by atoms with Crippen molar-refractivity contribution in [3.05, 3.63) is 129 Å². The summed E-state index contributed by atoms with van der Waals surface area (Å²) >= 11 is 2.61. The first-order valence-corrected chi connectivity index (χ1v) is 15.5. The van der Waals surface area contributed by atoms with E-state index in [9.17, 15) is 14.4 Å². The summed E-state index contributed by atoms with van der Waals surface area (Å²) in [5.74, 6) is -0.855. The zero-order chi connectivity index (χ0) is 31.9. The number of carbonyl (C=O) groups excluding carboxylic acids is 2. The number of carbonyl (C=O) groups is 2. The second-order valence-corrected chi connectivity index (χ2v) is 11.4. The molecule has 6 rings (SSSR count). The van der Waals surface area contributed by atoms with E-state index in [0.29, 0.717) is 33.8 Å². The maximum Gasteiger partial charge on any atom is 0.301 e. The van der Waals surface area contributed by atoms with Crippen molar-refractivity contribution >= 4 is 51.4 Å². The van der Waals surface area contributed by atoms with Crippen LogP contribution in [0.3, 0.4) is 0 Å². The number of hydroxylamine groups is 1. The lowest BCUT2D eigenvalue weighted by atomic mass is 10.1. The van der Waals surface area contributed by atoms with Gasteiger partial charge in [-0.1, -0.05) is 66.7 Å². The molecule has 0 saturated heterocycles. The summed E-state index contributed by atoms with van der Waals surface area (Å²) in [5.41, 5.74) is 6.14. The largest absolute Gasteiger partial charge is 0.348 e. The summed E-state index contributed by atoms with van der Waals surface area (Å²) < 4.78 is 1.35. The number of nitrogens with zero attached hydrogens (tertiary/aromatic N) is 5. The van der Waals surface area contributed by atoms with Gasteiger partial charge in [-0.2, -0.15) is 4.68 Å².